The van der Waals surface area contributed by atoms with Crippen LogP contribution in [-0.2, 0) is 9.59 Å². The van der Waals surface area contributed by atoms with Crippen LogP contribution in [0.1, 0.15) is 77.7 Å². The van der Waals surface area contributed by atoms with Gasteiger partial charge in [-0.25, -0.2) is 4.79 Å². The lowest BCUT2D eigenvalue weighted by atomic mass is 10.1. The van der Waals surface area contributed by atoms with Gasteiger partial charge < -0.3 is 14.6 Å². The maximum atomic E-state index is 12.9. The van der Waals surface area contributed by atoms with Crippen LogP contribution < -0.4 is 9.47 Å². The number of carboxylic acid groups (broad SMARTS) is 1. The fraction of sp³-hybridized carbons (Fsp3) is 0.560. The van der Waals surface area contributed by atoms with Gasteiger partial charge in [-0.05, 0) is 50.0 Å². The van der Waals surface area contributed by atoms with Crippen molar-refractivity contribution >= 4 is 46.3 Å². The number of unbranched alkanes of at least 4 members (excludes halogenated alkanes) is 4. The van der Waals surface area contributed by atoms with E-state index in [-0.39, 0.29) is 16.3 Å². The molecule has 0 aliphatic carbocycles. The third-order valence-electron chi connectivity index (χ3n) is 5.51. The zero-order valence-electron chi connectivity index (χ0n) is 20.0. The molecule has 1 aromatic carbocycles. The normalized spacial score (nSPS) is 16.8. The highest BCUT2D eigenvalue weighted by Gasteiger charge is 2.40. The molecular formula is C25H35NO5S2. The Balaban J connectivity index is 2.10. The lowest BCUT2D eigenvalue weighted by Gasteiger charge is -2.22. The number of carbonyl (C=O) groups excluding carboxylic acids is 1. The average Bonchev–Trinajstić information content (AvgIpc) is 3.05. The second kappa shape index (κ2) is 13.6. The van der Waals surface area contributed by atoms with Gasteiger partial charge in [-0.3, -0.25) is 9.69 Å². The molecule has 0 spiro atoms. The number of carboxylic acids is 1. The molecule has 0 unspecified atom stereocenters. The number of nitrogens with zero attached hydrogens (tertiary/aromatic N) is 1. The number of thiocarbonyl (C=S) groups is 1. The van der Waals surface area contributed by atoms with E-state index in [0.29, 0.717) is 29.2 Å². The minimum Gasteiger partial charge on any atom is -0.493 e. The highest BCUT2D eigenvalue weighted by Crippen LogP contribution is 2.36. The van der Waals surface area contributed by atoms with Gasteiger partial charge in [0.25, 0.3) is 5.91 Å². The van der Waals surface area contributed by atoms with Crippen molar-refractivity contribution in [1.82, 2.24) is 4.90 Å². The lowest BCUT2D eigenvalue weighted by Crippen LogP contribution is -2.43. The Kier molecular flexibility index (Phi) is 11.2. The van der Waals surface area contributed by atoms with Gasteiger partial charge in [0.1, 0.15) is 10.4 Å². The highest BCUT2D eigenvalue weighted by atomic mass is 32.2. The molecule has 0 aromatic heterocycles. The summed E-state index contributed by atoms with van der Waals surface area (Å²) in [7, 11) is 1.59. The summed E-state index contributed by atoms with van der Waals surface area (Å²) in [4.78, 5) is 26.2. The second-order valence-corrected chi connectivity index (χ2v) is 9.91. The summed E-state index contributed by atoms with van der Waals surface area (Å²) >= 11 is 6.44. The van der Waals surface area contributed by atoms with Crippen molar-refractivity contribution in [1.29, 1.82) is 0 Å². The molecule has 0 bridgehead atoms. The van der Waals surface area contributed by atoms with Crippen molar-refractivity contribution in [2.75, 3.05) is 7.11 Å². The fourth-order valence-electron chi connectivity index (χ4n) is 3.72. The van der Waals surface area contributed by atoms with E-state index in [1.165, 1.54) is 30.6 Å². The molecule has 1 aliphatic heterocycles. The fourth-order valence-corrected chi connectivity index (χ4v) is 5.08. The summed E-state index contributed by atoms with van der Waals surface area (Å²) in [6.07, 6.45) is 9.91. The molecule has 33 heavy (non-hydrogen) atoms. The zero-order valence-corrected chi connectivity index (χ0v) is 21.6. The minimum atomic E-state index is -1.04. The molecule has 182 valence electrons. The Morgan fingerprint density at radius 3 is 2.52 bits per heavy atom. The van der Waals surface area contributed by atoms with Crippen LogP contribution in [-0.4, -0.2) is 45.5 Å². The van der Waals surface area contributed by atoms with E-state index in [0.717, 1.165) is 30.2 Å². The van der Waals surface area contributed by atoms with Gasteiger partial charge in [0, 0.05) is 0 Å². The van der Waals surface area contributed by atoms with Crippen LogP contribution in [0.4, 0.5) is 0 Å². The number of ether oxygens (including phenoxy) is 2. The number of amides is 1. The second-order valence-electron chi connectivity index (χ2n) is 8.24. The van der Waals surface area contributed by atoms with Crippen molar-refractivity contribution in [2.24, 2.45) is 0 Å². The summed E-state index contributed by atoms with van der Waals surface area (Å²) in [6.45, 7) is 6.16. The predicted octanol–water partition coefficient (Wildman–Crippen LogP) is 6.28. The number of benzene rings is 1. The van der Waals surface area contributed by atoms with Crippen molar-refractivity contribution in [3.05, 3.63) is 28.7 Å². The van der Waals surface area contributed by atoms with Crippen LogP contribution >= 0.6 is 24.0 Å². The average molecular weight is 494 g/mol. The summed E-state index contributed by atoms with van der Waals surface area (Å²) in [5, 5.41) is 9.53. The van der Waals surface area contributed by atoms with Crippen LogP contribution in [0.25, 0.3) is 6.08 Å². The van der Waals surface area contributed by atoms with Gasteiger partial charge in [0.05, 0.1) is 18.1 Å². The molecule has 6 nitrogen and oxygen atoms in total. The van der Waals surface area contributed by atoms with E-state index in [1.54, 1.807) is 13.2 Å². The maximum Gasteiger partial charge on any atom is 0.326 e. The van der Waals surface area contributed by atoms with Crippen molar-refractivity contribution in [2.45, 2.75) is 84.3 Å². The van der Waals surface area contributed by atoms with E-state index in [4.69, 9.17) is 21.7 Å². The van der Waals surface area contributed by atoms with Crippen LogP contribution in [0, 0.1) is 0 Å². The third kappa shape index (κ3) is 7.74. The number of rotatable bonds is 14. The smallest absolute Gasteiger partial charge is 0.326 e. The largest absolute Gasteiger partial charge is 0.493 e. The predicted molar refractivity (Wildman–Crippen MR) is 138 cm³/mol. The summed E-state index contributed by atoms with van der Waals surface area (Å²) in [5.74, 6) is -0.164. The molecular weight excluding hydrogens is 458 g/mol. The van der Waals surface area contributed by atoms with Crippen molar-refractivity contribution in [3.8, 4) is 11.5 Å². The molecule has 2 atom stereocenters. The van der Waals surface area contributed by atoms with Crippen molar-refractivity contribution in [3.63, 3.8) is 0 Å². The molecule has 2 rings (SSSR count). The molecule has 0 saturated carbocycles. The van der Waals surface area contributed by atoms with E-state index in [9.17, 15) is 14.7 Å². The summed E-state index contributed by atoms with van der Waals surface area (Å²) in [6, 6.07) is 4.58. The monoisotopic (exact) mass is 493 g/mol. The van der Waals surface area contributed by atoms with Gasteiger partial charge in [-0.1, -0.05) is 76.0 Å². The first kappa shape index (κ1) is 27.2. The summed E-state index contributed by atoms with van der Waals surface area (Å²) in [5.41, 5.74) is 0.759. The van der Waals surface area contributed by atoms with E-state index in [2.05, 4.69) is 13.8 Å². The van der Waals surface area contributed by atoms with Crippen LogP contribution in [0.3, 0.4) is 0 Å². The Morgan fingerprint density at radius 1 is 1.15 bits per heavy atom. The molecule has 1 N–H and O–H groups in total. The molecule has 1 heterocycles. The number of hydrogen-bond donors (Lipinski definition) is 1. The number of hydrogen-bond acceptors (Lipinski definition) is 6. The molecule has 1 saturated heterocycles. The first-order valence-corrected chi connectivity index (χ1v) is 12.9. The van der Waals surface area contributed by atoms with Crippen LogP contribution in [0.15, 0.2) is 23.1 Å². The number of thioether (sulfide) groups is 1. The standard InChI is InChI=1S/C25H35NO5S2/c1-5-7-8-9-10-12-17(3)31-20-14-13-18(15-21(20)30-4)16-22-23(27)26(25(32)33-22)19(11-6-2)24(28)29/h13-17,19H,5-12H2,1-4H3,(H,28,29)/b22-16+/t17-,19+/m0/s1. The zero-order chi connectivity index (χ0) is 24.4. The first-order chi connectivity index (χ1) is 15.8. The Bertz CT molecular complexity index is 870. The minimum absolute atomic E-state index is 0.0779. The molecule has 1 fully saturated rings. The molecule has 1 amide bonds. The van der Waals surface area contributed by atoms with E-state index < -0.39 is 12.0 Å². The van der Waals surface area contributed by atoms with Crippen LogP contribution in [0.2, 0.25) is 0 Å². The van der Waals surface area contributed by atoms with Gasteiger partial charge in [0.15, 0.2) is 11.5 Å². The Labute approximate surface area is 206 Å². The topological polar surface area (TPSA) is 76.1 Å². The number of aliphatic carboxylic acids is 1. The summed E-state index contributed by atoms with van der Waals surface area (Å²) < 4.78 is 11.9. The quantitative estimate of drug-likeness (QED) is 0.186. The SMILES string of the molecule is CCCCCCC[C@H](C)Oc1ccc(/C=C2/SC(=S)N([C@H](CCC)C(=O)O)C2=O)cc1OC. The molecule has 1 aromatic rings. The van der Waals surface area contributed by atoms with Crippen LogP contribution in [0.5, 0.6) is 11.5 Å². The maximum absolute atomic E-state index is 12.9. The molecule has 1 aliphatic rings. The Hall–Kier alpha value is -2.06. The Morgan fingerprint density at radius 2 is 1.88 bits per heavy atom. The number of methoxy groups -OCH3 is 1. The highest BCUT2D eigenvalue weighted by molar-refractivity contribution is 8.26. The number of carbonyl (C=O) groups is 2. The van der Waals surface area contributed by atoms with Gasteiger partial charge in [-0.15, -0.1) is 0 Å². The van der Waals surface area contributed by atoms with Gasteiger partial charge >= 0.3 is 5.97 Å². The van der Waals surface area contributed by atoms with Gasteiger partial charge in [-0.2, -0.15) is 0 Å². The van der Waals surface area contributed by atoms with E-state index in [1.807, 2.05) is 25.1 Å². The van der Waals surface area contributed by atoms with Crippen molar-refractivity contribution < 1.29 is 24.2 Å². The first-order valence-electron chi connectivity index (χ1n) is 11.7. The molecule has 8 heteroatoms. The van der Waals surface area contributed by atoms with E-state index >= 15 is 0 Å². The van der Waals surface area contributed by atoms with Gasteiger partial charge in [0.2, 0.25) is 0 Å². The molecule has 0 radical (unpaired) electrons. The third-order valence-corrected chi connectivity index (χ3v) is 6.84. The lowest BCUT2D eigenvalue weighted by molar-refractivity contribution is -0.145.